The molecule has 10 heavy (non-hydrogen) atoms. The van der Waals surface area contributed by atoms with Crippen LogP contribution >= 0.6 is 0 Å². The van der Waals surface area contributed by atoms with E-state index in [4.69, 9.17) is 4.74 Å². The molecule has 0 aromatic heterocycles. The van der Waals surface area contributed by atoms with E-state index in [-0.39, 0.29) is 58.0 Å². The number of rotatable bonds is 1. The maximum Gasteiger partial charge on any atom is 1.00 e. The van der Waals surface area contributed by atoms with E-state index in [1.807, 2.05) is 6.08 Å². The Labute approximate surface area is 110 Å². The zero-order chi connectivity index (χ0) is 6.74. The molecule has 0 amide bonds. The normalized spacial score (nSPS) is 32.8. The van der Waals surface area contributed by atoms with E-state index in [9.17, 15) is 0 Å². The predicted octanol–water partition coefficient (Wildman–Crippen LogP) is -2.45. The SMILES string of the molecule is C=CC1([SiH3])CCCCO1.[H-].[K+]. The third-order valence-corrected chi connectivity index (χ3v) is 3.13. The van der Waals surface area contributed by atoms with Gasteiger partial charge in [0.15, 0.2) is 0 Å². The fraction of sp³-hybridized carbons (Fsp3) is 0.714. The molecular formula is C7H15KOSi. The van der Waals surface area contributed by atoms with Crippen LogP contribution < -0.4 is 51.4 Å². The Bertz CT molecular complexity index is 115. The second kappa shape index (κ2) is 5.24. The van der Waals surface area contributed by atoms with Crippen LogP contribution in [-0.4, -0.2) is 22.1 Å². The molecule has 0 spiro atoms. The van der Waals surface area contributed by atoms with Crippen LogP contribution in [0.1, 0.15) is 20.7 Å². The monoisotopic (exact) mass is 182 g/mol. The van der Waals surface area contributed by atoms with Gasteiger partial charge < -0.3 is 6.16 Å². The maximum atomic E-state index is 5.56. The first-order valence-corrected chi connectivity index (χ1v) is 4.54. The van der Waals surface area contributed by atoms with Crippen LogP contribution in [0, 0.1) is 0 Å². The van der Waals surface area contributed by atoms with Crippen molar-refractivity contribution >= 4 is 10.2 Å². The van der Waals surface area contributed by atoms with Crippen molar-refractivity contribution in [3.63, 3.8) is 0 Å². The molecule has 0 aromatic rings. The first-order valence-electron chi connectivity index (χ1n) is 3.54. The van der Waals surface area contributed by atoms with Gasteiger partial charge in [0.1, 0.15) is 0 Å². The van der Waals surface area contributed by atoms with E-state index >= 15 is 0 Å². The van der Waals surface area contributed by atoms with Crippen molar-refractivity contribution in [3.05, 3.63) is 12.7 Å². The second-order valence-electron chi connectivity index (χ2n) is 2.82. The Hall–Kier alpha value is 1.55. The van der Waals surface area contributed by atoms with Gasteiger partial charge in [-0.05, 0) is 19.3 Å². The van der Waals surface area contributed by atoms with Crippen molar-refractivity contribution in [2.45, 2.75) is 24.5 Å². The molecule has 3 heteroatoms. The summed E-state index contributed by atoms with van der Waals surface area (Å²) in [6.07, 6.45) is 5.72. The molecule has 1 saturated heterocycles. The largest absolute Gasteiger partial charge is 1.00 e. The van der Waals surface area contributed by atoms with E-state index in [1.165, 1.54) is 19.3 Å². The number of hydrogen-bond acceptors (Lipinski definition) is 1. The summed E-state index contributed by atoms with van der Waals surface area (Å²) < 4.78 is 5.56. The summed E-state index contributed by atoms with van der Waals surface area (Å²) in [5.41, 5.74) is 0. The standard InChI is InChI=1S/C7H14OSi.K.H/c1-2-7(9)5-3-4-6-8-7;;/h2H,1,3-6H2,9H3;;/q;+1;-1. The molecule has 1 aliphatic rings. The van der Waals surface area contributed by atoms with Gasteiger partial charge in [0.05, 0.1) is 5.22 Å². The van der Waals surface area contributed by atoms with Crippen molar-refractivity contribution in [1.29, 1.82) is 0 Å². The molecule has 1 fully saturated rings. The summed E-state index contributed by atoms with van der Waals surface area (Å²) in [6.45, 7) is 4.71. The summed E-state index contributed by atoms with van der Waals surface area (Å²) in [5, 5.41) is 0.123. The minimum Gasteiger partial charge on any atom is -1.00 e. The second-order valence-corrected chi connectivity index (χ2v) is 4.52. The summed E-state index contributed by atoms with van der Waals surface area (Å²) in [6, 6.07) is 0. The smallest absolute Gasteiger partial charge is 1.00 e. The molecule has 1 heterocycles. The Morgan fingerprint density at radius 3 is 2.60 bits per heavy atom. The Morgan fingerprint density at radius 1 is 1.60 bits per heavy atom. The minimum absolute atomic E-state index is 0. The van der Waals surface area contributed by atoms with E-state index in [1.54, 1.807) is 0 Å². The average Bonchev–Trinajstić information content (AvgIpc) is 1.90. The predicted molar refractivity (Wildman–Crippen MR) is 43.8 cm³/mol. The summed E-state index contributed by atoms with van der Waals surface area (Å²) in [4.78, 5) is 0. The molecule has 0 radical (unpaired) electrons. The van der Waals surface area contributed by atoms with Crippen LogP contribution in [0.15, 0.2) is 12.7 Å². The van der Waals surface area contributed by atoms with Crippen molar-refractivity contribution < 1.29 is 57.5 Å². The van der Waals surface area contributed by atoms with E-state index < -0.39 is 0 Å². The molecule has 0 aromatic carbocycles. The molecule has 1 unspecified atom stereocenters. The van der Waals surface area contributed by atoms with Crippen molar-refractivity contribution in [3.8, 4) is 0 Å². The van der Waals surface area contributed by atoms with Gasteiger partial charge in [0, 0.05) is 16.8 Å². The molecular weight excluding hydrogens is 167 g/mol. The van der Waals surface area contributed by atoms with Gasteiger partial charge in [-0.1, -0.05) is 6.08 Å². The van der Waals surface area contributed by atoms with Crippen molar-refractivity contribution in [1.82, 2.24) is 0 Å². The molecule has 0 aliphatic carbocycles. The number of hydrogen-bond donors (Lipinski definition) is 0. The first kappa shape index (κ1) is 11.6. The molecule has 1 rings (SSSR count). The van der Waals surface area contributed by atoms with Crippen LogP contribution in [-0.2, 0) is 4.74 Å². The van der Waals surface area contributed by atoms with E-state index in [0.717, 1.165) is 16.8 Å². The quantitative estimate of drug-likeness (QED) is 0.323. The first-order chi connectivity index (χ1) is 4.27. The van der Waals surface area contributed by atoms with E-state index in [0.29, 0.717) is 0 Å². The summed E-state index contributed by atoms with van der Waals surface area (Å²) in [7, 11) is 1.09. The number of ether oxygens (including phenoxy) is 1. The molecule has 54 valence electrons. The Morgan fingerprint density at radius 2 is 2.30 bits per heavy atom. The van der Waals surface area contributed by atoms with Crippen LogP contribution in [0.25, 0.3) is 0 Å². The summed E-state index contributed by atoms with van der Waals surface area (Å²) >= 11 is 0. The Balaban J connectivity index is 0. The maximum absolute atomic E-state index is 5.56. The average molecular weight is 182 g/mol. The van der Waals surface area contributed by atoms with Gasteiger partial charge in [-0.15, -0.1) is 6.58 Å². The molecule has 0 bridgehead atoms. The zero-order valence-electron chi connectivity index (χ0n) is 8.02. The van der Waals surface area contributed by atoms with Crippen LogP contribution in [0.3, 0.4) is 0 Å². The molecule has 0 N–H and O–H groups in total. The third-order valence-electron chi connectivity index (χ3n) is 1.93. The van der Waals surface area contributed by atoms with Gasteiger partial charge in [-0.25, -0.2) is 0 Å². The Kier molecular flexibility index (Phi) is 6.06. The topological polar surface area (TPSA) is 9.23 Å². The van der Waals surface area contributed by atoms with Gasteiger partial charge in [0.2, 0.25) is 0 Å². The van der Waals surface area contributed by atoms with E-state index in [2.05, 4.69) is 6.58 Å². The molecule has 1 atom stereocenters. The fourth-order valence-corrected chi connectivity index (χ4v) is 1.67. The van der Waals surface area contributed by atoms with Gasteiger partial charge in [-0.3, -0.25) is 0 Å². The molecule has 1 aliphatic heterocycles. The van der Waals surface area contributed by atoms with Crippen molar-refractivity contribution in [2.24, 2.45) is 0 Å². The van der Waals surface area contributed by atoms with Crippen LogP contribution in [0.5, 0.6) is 0 Å². The third kappa shape index (κ3) is 3.30. The molecule has 0 saturated carbocycles. The molecule has 1 nitrogen and oxygen atoms in total. The van der Waals surface area contributed by atoms with Crippen LogP contribution in [0.2, 0.25) is 0 Å². The van der Waals surface area contributed by atoms with Gasteiger partial charge >= 0.3 is 51.4 Å². The minimum atomic E-state index is 0. The summed E-state index contributed by atoms with van der Waals surface area (Å²) in [5.74, 6) is 0. The zero-order valence-corrected chi connectivity index (χ0v) is 12.1. The van der Waals surface area contributed by atoms with Gasteiger partial charge in [-0.2, -0.15) is 0 Å². The van der Waals surface area contributed by atoms with Crippen LogP contribution in [0.4, 0.5) is 0 Å². The van der Waals surface area contributed by atoms with Crippen molar-refractivity contribution in [2.75, 3.05) is 6.61 Å². The van der Waals surface area contributed by atoms with Gasteiger partial charge in [0.25, 0.3) is 0 Å². The fourth-order valence-electron chi connectivity index (χ4n) is 1.12.